The number of rotatable bonds is 5. The topological polar surface area (TPSA) is 59.6 Å². The van der Waals surface area contributed by atoms with E-state index in [-0.39, 0.29) is 0 Å². The van der Waals surface area contributed by atoms with Gasteiger partial charge in [-0.3, -0.25) is 0 Å². The van der Waals surface area contributed by atoms with Crippen molar-refractivity contribution in [3.05, 3.63) is 59.7 Å². The smallest absolute Gasteiger partial charge is 0.193 e. The Morgan fingerprint density at radius 2 is 1.95 bits per heavy atom. The van der Waals surface area contributed by atoms with Crippen molar-refractivity contribution in [1.29, 1.82) is 0 Å². The van der Waals surface area contributed by atoms with E-state index >= 15 is 0 Å². The molecule has 2 aromatic carbocycles. The van der Waals surface area contributed by atoms with Crippen molar-refractivity contribution in [2.45, 2.75) is 20.4 Å². The summed E-state index contributed by atoms with van der Waals surface area (Å²) in [6.07, 6.45) is 0. The van der Waals surface area contributed by atoms with Gasteiger partial charge in [0.15, 0.2) is 5.96 Å². The number of nitrogens with one attached hydrogen (secondary N) is 1. The Kier molecular flexibility index (Phi) is 5.21. The zero-order valence-corrected chi connectivity index (χ0v) is 12.5. The lowest BCUT2D eigenvalue weighted by atomic mass is 10.1. The van der Waals surface area contributed by atoms with Crippen LogP contribution in [0.5, 0.6) is 5.75 Å². The largest absolute Gasteiger partial charge is 0.494 e. The van der Waals surface area contributed by atoms with Crippen LogP contribution in [0.15, 0.2) is 53.5 Å². The van der Waals surface area contributed by atoms with Crippen molar-refractivity contribution >= 4 is 11.6 Å². The summed E-state index contributed by atoms with van der Waals surface area (Å²) >= 11 is 0. The third kappa shape index (κ3) is 4.53. The van der Waals surface area contributed by atoms with Gasteiger partial charge < -0.3 is 15.8 Å². The summed E-state index contributed by atoms with van der Waals surface area (Å²) in [4.78, 5) is 4.37. The summed E-state index contributed by atoms with van der Waals surface area (Å²) in [6.45, 7) is 5.14. The molecule has 0 fully saturated rings. The number of nitrogens with two attached hydrogens (primary N) is 1. The van der Waals surface area contributed by atoms with E-state index in [0.717, 1.165) is 17.0 Å². The number of hydrogen-bond donors (Lipinski definition) is 2. The van der Waals surface area contributed by atoms with Crippen LogP contribution in [-0.4, -0.2) is 12.6 Å². The second kappa shape index (κ2) is 7.33. The molecule has 21 heavy (non-hydrogen) atoms. The quantitative estimate of drug-likeness (QED) is 0.653. The Hall–Kier alpha value is -2.49. The number of benzene rings is 2. The van der Waals surface area contributed by atoms with Gasteiger partial charge in [0.1, 0.15) is 5.75 Å². The summed E-state index contributed by atoms with van der Waals surface area (Å²) in [5, 5.41) is 3.06. The Bertz CT molecular complexity index is 609. The zero-order valence-electron chi connectivity index (χ0n) is 12.5. The number of ether oxygens (including phenoxy) is 1. The monoisotopic (exact) mass is 283 g/mol. The van der Waals surface area contributed by atoms with Gasteiger partial charge in [0.2, 0.25) is 0 Å². The molecule has 3 N–H and O–H groups in total. The van der Waals surface area contributed by atoms with E-state index in [2.05, 4.69) is 10.3 Å². The Morgan fingerprint density at radius 1 is 1.19 bits per heavy atom. The van der Waals surface area contributed by atoms with E-state index in [1.165, 1.54) is 5.56 Å². The number of hydrogen-bond acceptors (Lipinski definition) is 2. The molecule has 0 atom stereocenters. The fourth-order valence-corrected chi connectivity index (χ4v) is 1.96. The Morgan fingerprint density at radius 3 is 2.67 bits per heavy atom. The molecule has 0 aliphatic carbocycles. The molecule has 0 saturated heterocycles. The molecule has 0 amide bonds. The molecule has 0 heterocycles. The molecule has 0 unspecified atom stereocenters. The lowest BCUT2D eigenvalue weighted by molar-refractivity contribution is 0.336. The first-order chi connectivity index (χ1) is 10.2. The van der Waals surface area contributed by atoms with Crippen LogP contribution in [-0.2, 0) is 6.54 Å². The molecular formula is C17H21N3O. The van der Waals surface area contributed by atoms with Crippen LogP contribution in [0.1, 0.15) is 18.1 Å². The van der Waals surface area contributed by atoms with Gasteiger partial charge in [-0.05, 0) is 37.6 Å². The highest BCUT2D eigenvalue weighted by molar-refractivity contribution is 5.92. The number of aryl methyl sites for hydroxylation is 1. The van der Waals surface area contributed by atoms with E-state index in [9.17, 15) is 0 Å². The Labute approximate surface area is 125 Å². The average Bonchev–Trinajstić information content (AvgIpc) is 2.48. The maximum Gasteiger partial charge on any atom is 0.193 e. The summed E-state index contributed by atoms with van der Waals surface area (Å²) in [6, 6.07) is 15.8. The fourth-order valence-electron chi connectivity index (χ4n) is 1.96. The molecule has 2 rings (SSSR count). The second-order valence-electron chi connectivity index (χ2n) is 4.74. The number of para-hydroxylation sites is 1. The molecule has 0 aromatic heterocycles. The van der Waals surface area contributed by atoms with Gasteiger partial charge in [0.05, 0.1) is 13.2 Å². The minimum Gasteiger partial charge on any atom is -0.494 e. The number of anilines is 1. The van der Waals surface area contributed by atoms with Crippen molar-refractivity contribution in [2.75, 3.05) is 11.9 Å². The van der Waals surface area contributed by atoms with Crippen LogP contribution in [0.3, 0.4) is 0 Å². The SMILES string of the molecule is CCOc1cc(C)ccc1CN=C(N)Nc1ccccc1. The van der Waals surface area contributed by atoms with Crippen LogP contribution < -0.4 is 15.8 Å². The standard InChI is InChI=1S/C17H21N3O/c1-3-21-16-11-13(2)9-10-14(16)12-19-17(18)20-15-7-5-4-6-8-15/h4-11H,3,12H2,1-2H3,(H3,18,19,20). The van der Waals surface area contributed by atoms with E-state index in [4.69, 9.17) is 10.5 Å². The van der Waals surface area contributed by atoms with Gasteiger partial charge in [0.25, 0.3) is 0 Å². The predicted molar refractivity (Wildman–Crippen MR) is 87.7 cm³/mol. The number of guanidine groups is 1. The molecule has 2 aromatic rings. The molecule has 0 spiro atoms. The first kappa shape index (κ1) is 14.9. The van der Waals surface area contributed by atoms with Crippen molar-refractivity contribution < 1.29 is 4.74 Å². The van der Waals surface area contributed by atoms with Crippen molar-refractivity contribution in [3.8, 4) is 5.75 Å². The van der Waals surface area contributed by atoms with E-state index in [0.29, 0.717) is 19.1 Å². The van der Waals surface area contributed by atoms with E-state index < -0.39 is 0 Å². The summed E-state index contributed by atoms with van der Waals surface area (Å²) in [5.41, 5.74) is 9.03. The van der Waals surface area contributed by atoms with Crippen LogP contribution >= 0.6 is 0 Å². The van der Waals surface area contributed by atoms with E-state index in [1.807, 2.05) is 62.4 Å². The predicted octanol–water partition coefficient (Wildman–Crippen LogP) is 3.32. The highest BCUT2D eigenvalue weighted by Gasteiger charge is 2.03. The van der Waals surface area contributed by atoms with Gasteiger partial charge in [-0.15, -0.1) is 0 Å². The van der Waals surface area contributed by atoms with Crippen LogP contribution in [0.4, 0.5) is 5.69 Å². The molecule has 110 valence electrons. The summed E-state index contributed by atoms with van der Waals surface area (Å²) in [7, 11) is 0. The zero-order chi connectivity index (χ0) is 15.1. The molecule has 4 nitrogen and oxygen atoms in total. The summed E-state index contributed by atoms with van der Waals surface area (Å²) in [5.74, 6) is 1.26. The Balaban J connectivity index is 2.06. The van der Waals surface area contributed by atoms with Gasteiger partial charge >= 0.3 is 0 Å². The van der Waals surface area contributed by atoms with Gasteiger partial charge in [-0.25, -0.2) is 4.99 Å². The minimum absolute atomic E-state index is 0.393. The third-order valence-electron chi connectivity index (χ3n) is 2.99. The fraction of sp³-hybridized carbons (Fsp3) is 0.235. The molecular weight excluding hydrogens is 262 g/mol. The van der Waals surface area contributed by atoms with Crippen molar-refractivity contribution in [1.82, 2.24) is 0 Å². The summed E-state index contributed by atoms with van der Waals surface area (Å²) < 4.78 is 5.64. The van der Waals surface area contributed by atoms with Crippen LogP contribution in [0, 0.1) is 6.92 Å². The van der Waals surface area contributed by atoms with E-state index in [1.54, 1.807) is 0 Å². The minimum atomic E-state index is 0.393. The maximum absolute atomic E-state index is 5.91. The molecule has 0 aliphatic heterocycles. The van der Waals surface area contributed by atoms with Crippen LogP contribution in [0.2, 0.25) is 0 Å². The highest BCUT2D eigenvalue weighted by Crippen LogP contribution is 2.21. The molecule has 0 radical (unpaired) electrons. The normalized spacial score (nSPS) is 11.2. The van der Waals surface area contributed by atoms with Gasteiger partial charge in [-0.1, -0.05) is 30.3 Å². The highest BCUT2D eigenvalue weighted by atomic mass is 16.5. The first-order valence-corrected chi connectivity index (χ1v) is 7.03. The molecule has 0 aliphatic rings. The number of nitrogens with zero attached hydrogens (tertiary/aromatic N) is 1. The van der Waals surface area contributed by atoms with Crippen molar-refractivity contribution in [3.63, 3.8) is 0 Å². The second-order valence-corrected chi connectivity index (χ2v) is 4.74. The lowest BCUT2D eigenvalue weighted by Gasteiger charge is -2.10. The third-order valence-corrected chi connectivity index (χ3v) is 2.99. The van der Waals surface area contributed by atoms with Gasteiger partial charge in [-0.2, -0.15) is 0 Å². The van der Waals surface area contributed by atoms with Crippen LogP contribution in [0.25, 0.3) is 0 Å². The molecule has 0 saturated carbocycles. The average molecular weight is 283 g/mol. The lowest BCUT2D eigenvalue weighted by Crippen LogP contribution is -2.22. The molecule has 0 bridgehead atoms. The molecule has 4 heteroatoms. The number of aliphatic imine (C=N–C) groups is 1. The van der Waals surface area contributed by atoms with Crippen molar-refractivity contribution in [2.24, 2.45) is 10.7 Å². The van der Waals surface area contributed by atoms with Gasteiger partial charge in [0, 0.05) is 11.3 Å². The first-order valence-electron chi connectivity index (χ1n) is 7.03. The maximum atomic E-state index is 5.91.